The standard InChI is InChI=1S/C23H25ClN4O3/c1-16-14-20(9-10-21(16)24)31-13-4-8-22(29)26-18-6-3-7-19(15-18)27-23(30)17(2)28-12-5-11-25-28/h3,5-7,9-12,14-15,17H,4,8,13H2,1-2H3,(H,26,29)(H,27,30). The summed E-state index contributed by atoms with van der Waals surface area (Å²) in [7, 11) is 0. The molecule has 0 bridgehead atoms. The predicted molar refractivity (Wildman–Crippen MR) is 122 cm³/mol. The molecule has 3 aromatic rings. The molecule has 1 heterocycles. The maximum Gasteiger partial charge on any atom is 0.248 e. The number of ether oxygens (including phenoxy) is 1. The van der Waals surface area contributed by atoms with Gasteiger partial charge >= 0.3 is 0 Å². The molecule has 2 aromatic carbocycles. The molecule has 0 aliphatic carbocycles. The first kappa shape index (κ1) is 22.4. The highest BCUT2D eigenvalue weighted by molar-refractivity contribution is 6.31. The topological polar surface area (TPSA) is 85.3 Å². The van der Waals surface area contributed by atoms with Crippen molar-refractivity contribution in [1.82, 2.24) is 9.78 Å². The molecule has 1 unspecified atom stereocenters. The van der Waals surface area contributed by atoms with E-state index in [1.807, 2.05) is 19.1 Å². The lowest BCUT2D eigenvalue weighted by Crippen LogP contribution is -2.24. The smallest absolute Gasteiger partial charge is 0.248 e. The second kappa shape index (κ2) is 10.6. The SMILES string of the molecule is Cc1cc(OCCCC(=O)Nc2cccc(NC(=O)C(C)n3cccn3)c2)ccc1Cl. The van der Waals surface area contributed by atoms with Gasteiger partial charge in [-0.25, -0.2) is 0 Å². The summed E-state index contributed by atoms with van der Waals surface area (Å²) in [6.45, 7) is 4.11. The summed E-state index contributed by atoms with van der Waals surface area (Å²) in [6.07, 6.45) is 4.25. The van der Waals surface area contributed by atoms with Crippen molar-refractivity contribution < 1.29 is 14.3 Å². The summed E-state index contributed by atoms with van der Waals surface area (Å²) in [5, 5.41) is 10.5. The molecule has 8 heteroatoms. The van der Waals surface area contributed by atoms with E-state index in [0.717, 1.165) is 11.3 Å². The van der Waals surface area contributed by atoms with Crippen molar-refractivity contribution in [3.63, 3.8) is 0 Å². The average molecular weight is 441 g/mol. The number of nitrogens with one attached hydrogen (secondary N) is 2. The Balaban J connectivity index is 1.44. The molecule has 2 amide bonds. The minimum atomic E-state index is -0.447. The third-order valence-corrected chi connectivity index (χ3v) is 5.09. The van der Waals surface area contributed by atoms with Crippen LogP contribution in [0, 0.1) is 6.92 Å². The summed E-state index contributed by atoms with van der Waals surface area (Å²) in [6, 6.07) is 13.8. The Hall–Kier alpha value is -3.32. The number of aryl methyl sites for hydroxylation is 1. The van der Waals surface area contributed by atoms with Gasteiger partial charge in [-0.2, -0.15) is 5.10 Å². The highest BCUT2D eigenvalue weighted by Crippen LogP contribution is 2.21. The van der Waals surface area contributed by atoms with Crippen LogP contribution in [0.1, 0.15) is 31.4 Å². The quantitative estimate of drug-likeness (QED) is 0.466. The predicted octanol–water partition coefficient (Wildman–Crippen LogP) is 4.84. The Morgan fingerprint density at radius 3 is 2.61 bits per heavy atom. The molecule has 1 aromatic heterocycles. The minimum absolute atomic E-state index is 0.121. The second-order valence-corrected chi connectivity index (χ2v) is 7.55. The zero-order valence-electron chi connectivity index (χ0n) is 17.5. The molecule has 7 nitrogen and oxygen atoms in total. The highest BCUT2D eigenvalue weighted by atomic mass is 35.5. The van der Waals surface area contributed by atoms with Crippen LogP contribution in [0.15, 0.2) is 60.9 Å². The summed E-state index contributed by atoms with van der Waals surface area (Å²) in [5.74, 6) is 0.418. The van der Waals surface area contributed by atoms with Crippen molar-refractivity contribution in [1.29, 1.82) is 0 Å². The third kappa shape index (κ3) is 6.58. The molecular formula is C23H25ClN4O3. The molecule has 31 heavy (non-hydrogen) atoms. The number of benzene rings is 2. The molecule has 0 aliphatic heterocycles. The number of anilines is 2. The van der Waals surface area contributed by atoms with Gasteiger partial charge in [-0.15, -0.1) is 0 Å². The largest absolute Gasteiger partial charge is 0.494 e. The number of hydrogen-bond acceptors (Lipinski definition) is 4. The zero-order valence-corrected chi connectivity index (χ0v) is 18.2. The van der Waals surface area contributed by atoms with Gasteiger partial charge in [0.1, 0.15) is 11.8 Å². The number of amides is 2. The summed E-state index contributed by atoms with van der Waals surface area (Å²) >= 11 is 6.00. The first-order chi connectivity index (χ1) is 14.9. The number of carbonyl (C=O) groups excluding carboxylic acids is 2. The van der Waals surface area contributed by atoms with Crippen LogP contribution in [0.3, 0.4) is 0 Å². The number of carbonyl (C=O) groups is 2. The van der Waals surface area contributed by atoms with Crippen LogP contribution in [0.25, 0.3) is 0 Å². The van der Waals surface area contributed by atoms with Gasteiger partial charge < -0.3 is 15.4 Å². The van der Waals surface area contributed by atoms with Gasteiger partial charge in [0.15, 0.2) is 0 Å². The van der Waals surface area contributed by atoms with Gasteiger partial charge in [0, 0.05) is 35.2 Å². The monoisotopic (exact) mass is 440 g/mol. The molecule has 0 radical (unpaired) electrons. The Morgan fingerprint density at radius 2 is 1.90 bits per heavy atom. The Morgan fingerprint density at radius 1 is 1.13 bits per heavy atom. The summed E-state index contributed by atoms with van der Waals surface area (Å²) < 4.78 is 7.24. The third-order valence-electron chi connectivity index (χ3n) is 4.66. The van der Waals surface area contributed by atoms with E-state index in [2.05, 4.69) is 15.7 Å². The number of nitrogens with zero attached hydrogens (tertiary/aromatic N) is 2. The van der Waals surface area contributed by atoms with E-state index < -0.39 is 6.04 Å². The van der Waals surface area contributed by atoms with E-state index in [0.29, 0.717) is 35.8 Å². The fourth-order valence-corrected chi connectivity index (χ4v) is 3.02. The molecule has 1 atom stereocenters. The van der Waals surface area contributed by atoms with Gasteiger partial charge in [-0.1, -0.05) is 17.7 Å². The van der Waals surface area contributed by atoms with E-state index in [1.165, 1.54) is 0 Å². The lowest BCUT2D eigenvalue weighted by atomic mass is 10.2. The van der Waals surface area contributed by atoms with Gasteiger partial charge in [0.25, 0.3) is 0 Å². The number of halogens is 1. The van der Waals surface area contributed by atoms with Crippen molar-refractivity contribution in [2.24, 2.45) is 0 Å². The van der Waals surface area contributed by atoms with Crippen molar-refractivity contribution in [2.45, 2.75) is 32.7 Å². The summed E-state index contributed by atoms with van der Waals surface area (Å²) in [5.41, 5.74) is 2.16. The average Bonchev–Trinajstić information content (AvgIpc) is 3.28. The lowest BCUT2D eigenvalue weighted by molar-refractivity contribution is -0.119. The Kier molecular flexibility index (Phi) is 7.67. The molecule has 3 rings (SSSR count). The van der Waals surface area contributed by atoms with Crippen LogP contribution in [-0.2, 0) is 9.59 Å². The fraction of sp³-hybridized carbons (Fsp3) is 0.261. The van der Waals surface area contributed by atoms with Gasteiger partial charge in [-0.3, -0.25) is 14.3 Å². The van der Waals surface area contributed by atoms with Crippen LogP contribution in [0.5, 0.6) is 5.75 Å². The van der Waals surface area contributed by atoms with Crippen LogP contribution >= 0.6 is 11.6 Å². The van der Waals surface area contributed by atoms with Crippen molar-refractivity contribution in [3.05, 3.63) is 71.5 Å². The molecule has 0 saturated heterocycles. The molecule has 0 spiro atoms. The maximum absolute atomic E-state index is 12.4. The lowest BCUT2D eigenvalue weighted by Gasteiger charge is -2.13. The first-order valence-electron chi connectivity index (χ1n) is 10.0. The maximum atomic E-state index is 12.4. The van der Waals surface area contributed by atoms with E-state index in [1.54, 1.807) is 60.4 Å². The van der Waals surface area contributed by atoms with Crippen LogP contribution in [0.2, 0.25) is 5.02 Å². The first-order valence-corrected chi connectivity index (χ1v) is 10.4. The molecule has 0 aliphatic rings. The van der Waals surface area contributed by atoms with Crippen molar-refractivity contribution >= 4 is 34.8 Å². The molecular weight excluding hydrogens is 416 g/mol. The Bertz CT molecular complexity index is 1040. The Labute approximate surface area is 186 Å². The molecule has 2 N–H and O–H groups in total. The van der Waals surface area contributed by atoms with Crippen LogP contribution < -0.4 is 15.4 Å². The summed E-state index contributed by atoms with van der Waals surface area (Å²) in [4.78, 5) is 24.6. The van der Waals surface area contributed by atoms with Gasteiger partial charge in [0.2, 0.25) is 11.8 Å². The van der Waals surface area contributed by atoms with Crippen LogP contribution in [-0.4, -0.2) is 28.2 Å². The van der Waals surface area contributed by atoms with Crippen molar-refractivity contribution in [3.8, 4) is 5.75 Å². The molecule has 0 saturated carbocycles. The van der Waals surface area contributed by atoms with E-state index in [9.17, 15) is 9.59 Å². The normalized spacial score (nSPS) is 11.6. The highest BCUT2D eigenvalue weighted by Gasteiger charge is 2.15. The van der Waals surface area contributed by atoms with Crippen LogP contribution in [0.4, 0.5) is 11.4 Å². The van der Waals surface area contributed by atoms with E-state index in [4.69, 9.17) is 16.3 Å². The zero-order chi connectivity index (χ0) is 22.2. The molecule has 162 valence electrons. The minimum Gasteiger partial charge on any atom is -0.494 e. The number of hydrogen-bond donors (Lipinski definition) is 2. The van der Waals surface area contributed by atoms with E-state index >= 15 is 0 Å². The van der Waals surface area contributed by atoms with Gasteiger partial charge in [-0.05, 0) is 68.3 Å². The van der Waals surface area contributed by atoms with Gasteiger partial charge in [0.05, 0.1) is 6.61 Å². The second-order valence-electron chi connectivity index (χ2n) is 7.14. The van der Waals surface area contributed by atoms with E-state index in [-0.39, 0.29) is 11.8 Å². The number of aromatic nitrogens is 2. The van der Waals surface area contributed by atoms with Crippen molar-refractivity contribution in [2.75, 3.05) is 17.2 Å². The number of rotatable bonds is 9. The fourth-order valence-electron chi connectivity index (χ4n) is 2.90. The molecule has 0 fully saturated rings.